The second-order valence-electron chi connectivity index (χ2n) is 4.14. The Balaban J connectivity index is 2.31. The van der Waals surface area contributed by atoms with Gasteiger partial charge in [0.15, 0.2) is 15.7 Å². The number of aryl methyl sites for hydroxylation is 1. The van der Waals surface area contributed by atoms with Gasteiger partial charge >= 0.3 is 0 Å². The molecule has 0 unspecified atom stereocenters. The fourth-order valence-corrected chi connectivity index (χ4v) is 2.11. The molecule has 1 heterocycles. The summed E-state index contributed by atoms with van der Waals surface area (Å²) in [4.78, 5) is 4.06. The third-order valence-corrected chi connectivity index (χ3v) is 2.99. The van der Waals surface area contributed by atoms with Gasteiger partial charge in [0.1, 0.15) is 11.5 Å². The molecule has 17 heavy (non-hydrogen) atoms. The lowest BCUT2D eigenvalue weighted by molar-refractivity contribution is 0.455. The van der Waals surface area contributed by atoms with E-state index in [1.165, 1.54) is 12.5 Å². The van der Waals surface area contributed by atoms with Gasteiger partial charge in [-0.05, 0) is 25.9 Å². The van der Waals surface area contributed by atoms with Gasteiger partial charge in [0.2, 0.25) is 0 Å². The van der Waals surface area contributed by atoms with Gasteiger partial charge in [-0.3, -0.25) is 0 Å². The molecule has 0 aliphatic carbocycles. The summed E-state index contributed by atoms with van der Waals surface area (Å²) in [5, 5.41) is 3.29. The Morgan fingerprint density at radius 3 is 2.82 bits per heavy atom. The molecule has 0 bridgehead atoms. The van der Waals surface area contributed by atoms with E-state index in [0.717, 1.165) is 32.4 Å². The van der Waals surface area contributed by atoms with Crippen molar-refractivity contribution in [2.75, 3.05) is 19.3 Å². The van der Waals surface area contributed by atoms with Crippen LogP contribution in [-0.2, 0) is 22.0 Å². The van der Waals surface area contributed by atoms with Crippen LogP contribution in [0.1, 0.15) is 31.4 Å². The van der Waals surface area contributed by atoms with Crippen molar-refractivity contribution in [2.24, 2.45) is 0 Å². The zero-order valence-electron chi connectivity index (χ0n) is 10.4. The van der Waals surface area contributed by atoms with E-state index in [1.54, 1.807) is 0 Å². The lowest BCUT2D eigenvalue weighted by atomic mass is 10.3. The number of hydrogen-bond acceptors (Lipinski definition) is 5. The predicted octanol–water partition coefficient (Wildman–Crippen LogP) is 1.15. The molecule has 0 spiro atoms. The largest absolute Gasteiger partial charge is 0.445 e. The van der Waals surface area contributed by atoms with Crippen molar-refractivity contribution < 1.29 is 12.8 Å². The monoisotopic (exact) mass is 260 g/mol. The van der Waals surface area contributed by atoms with E-state index in [0.29, 0.717) is 11.7 Å². The molecule has 5 nitrogen and oxygen atoms in total. The summed E-state index contributed by atoms with van der Waals surface area (Å²) in [5.41, 5.74) is 0. The first-order valence-electron chi connectivity index (χ1n) is 5.83. The minimum absolute atomic E-state index is 0.0753. The van der Waals surface area contributed by atoms with Gasteiger partial charge in [-0.2, -0.15) is 0 Å². The zero-order chi connectivity index (χ0) is 12.7. The fraction of sp³-hybridized carbons (Fsp3) is 0.727. The van der Waals surface area contributed by atoms with Gasteiger partial charge in [-0.25, -0.2) is 13.4 Å². The predicted molar refractivity (Wildman–Crippen MR) is 66.5 cm³/mol. The summed E-state index contributed by atoms with van der Waals surface area (Å²) in [5.74, 6) is 0.958. The van der Waals surface area contributed by atoms with Crippen LogP contribution in [0.4, 0.5) is 0 Å². The van der Waals surface area contributed by atoms with Crippen LogP contribution in [0, 0.1) is 0 Å². The molecule has 0 saturated heterocycles. The second kappa shape index (κ2) is 6.76. The molecule has 0 radical (unpaired) electrons. The van der Waals surface area contributed by atoms with Gasteiger partial charge in [-0.15, -0.1) is 0 Å². The molecule has 1 rings (SSSR count). The average Bonchev–Trinajstić information content (AvgIpc) is 2.63. The summed E-state index contributed by atoms with van der Waals surface area (Å²) in [7, 11) is -3.04. The van der Waals surface area contributed by atoms with Crippen LogP contribution < -0.4 is 5.32 Å². The summed E-state index contributed by atoms with van der Waals surface area (Å²) in [6.45, 7) is 4.07. The molecule has 0 atom stereocenters. The number of rotatable bonds is 8. The SMILES string of the molecule is CCCNCCCc1ncc(CS(C)(=O)=O)o1. The molecule has 0 saturated carbocycles. The molecule has 0 aromatic carbocycles. The molecule has 6 heteroatoms. The molecule has 1 aromatic heterocycles. The molecule has 1 aromatic rings. The van der Waals surface area contributed by atoms with Crippen molar-refractivity contribution in [2.45, 2.75) is 31.9 Å². The lowest BCUT2D eigenvalue weighted by Crippen LogP contribution is -2.16. The van der Waals surface area contributed by atoms with Crippen molar-refractivity contribution in [3.8, 4) is 0 Å². The fourth-order valence-electron chi connectivity index (χ4n) is 1.46. The average molecular weight is 260 g/mol. The topological polar surface area (TPSA) is 72.2 Å². The summed E-state index contributed by atoms with van der Waals surface area (Å²) in [6, 6.07) is 0. The number of nitrogens with zero attached hydrogens (tertiary/aromatic N) is 1. The number of oxazole rings is 1. The third-order valence-electron chi connectivity index (χ3n) is 2.18. The standard InChI is InChI=1S/C11H20N2O3S/c1-3-6-12-7-4-5-11-13-8-10(16-11)9-17(2,14)15/h8,12H,3-7,9H2,1-2H3. The molecule has 1 N–H and O–H groups in total. The Morgan fingerprint density at radius 1 is 1.41 bits per heavy atom. The Bertz CT molecular complexity index is 426. The molecular weight excluding hydrogens is 240 g/mol. The van der Waals surface area contributed by atoms with E-state index in [9.17, 15) is 8.42 Å². The van der Waals surface area contributed by atoms with E-state index in [4.69, 9.17) is 4.42 Å². The zero-order valence-corrected chi connectivity index (χ0v) is 11.2. The van der Waals surface area contributed by atoms with Crippen molar-refractivity contribution in [3.63, 3.8) is 0 Å². The number of nitrogens with one attached hydrogen (secondary N) is 1. The van der Waals surface area contributed by atoms with Gasteiger partial charge < -0.3 is 9.73 Å². The highest BCUT2D eigenvalue weighted by molar-refractivity contribution is 7.89. The van der Waals surface area contributed by atoms with E-state index in [2.05, 4.69) is 17.2 Å². The second-order valence-corrected chi connectivity index (χ2v) is 6.28. The van der Waals surface area contributed by atoms with E-state index >= 15 is 0 Å². The van der Waals surface area contributed by atoms with Crippen molar-refractivity contribution in [3.05, 3.63) is 17.8 Å². The van der Waals surface area contributed by atoms with Crippen molar-refractivity contribution in [1.29, 1.82) is 0 Å². The highest BCUT2D eigenvalue weighted by atomic mass is 32.2. The van der Waals surface area contributed by atoms with Crippen LogP contribution in [-0.4, -0.2) is 32.7 Å². The van der Waals surface area contributed by atoms with Crippen LogP contribution in [0.3, 0.4) is 0 Å². The highest BCUT2D eigenvalue weighted by Gasteiger charge is 2.09. The quantitative estimate of drug-likeness (QED) is 0.710. The Kier molecular flexibility index (Phi) is 5.64. The first kappa shape index (κ1) is 14.2. The maximum Gasteiger partial charge on any atom is 0.194 e. The maximum absolute atomic E-state index is 11.0. The third kappa shape index (κ3) is 6.43. The Labute approximate surface area is 103 Å². The van der Waals surface area contributed by atoms with Gasteiger partial charge in [0.05, 0.1) is 6.20 Å². The molecule has 0 amide bonds. The first-order chi connectivity index (χ1) is 8.01. The van der Waals surface area contributed by atoms with E-state index in [-0.39, 0.29) is 5.75 Å². The summed E-state index contributed by atoms with van der Waals surface area (Å²) >= 11 is 0. The number of hydrogen-bond donors (Lipinski definition) is 1. The van der Waals surface area contributed by atoms with Gasteiger partial charge in [0, 0.05) is 12.7 Å². The van der Waals surface area contributed by atoms with Crippen LogP contribution in [0.25, 0.3) is 0 Å². The maximum atomic E-state index is 11.0. The highest BCUT2D eigenvalue weighted by Crippen LogP contribution is 2.08. The van der Waals surface area contributed by atoms with Gasteiger partial charge in [-0.1, -0.05) is 6.92 Å². The number of aromatic nitrogens is 1. The normalized spacial score (nSPS) is 11.9. The van der Waals surface area contributed by atoms with E-state index < -0.39 is 9.84 Å². The molecule has 98 valence electrons. The Hall–Kier alpha value is -0.880. The van der Waals surface area contributed by atoms with Crippen LogP contribution in [0.5, 0.6) is 0 Å². The molecule has 0 fully saturated rings. The van der Waals surface area contributed by atoms with Gasteiger partial charge in [0.25, 0.3) is 0 Å². The Morgan fingerprint density at radius 2 is 2.18 bits per heavy atom. The lowest BCUT2D eigenvalue weighted by Gasteiger charge is -2.00. The summed E-state index contributed by atoms with van der Waals surface area (Å²) in [6.07, 6.45) is 5.48. The van der Waals surface area contributed by atoms with Crippen LogP contribution >= 0.6 is 0 Å². The smallest absolute Gasteiger partial charge is 0.194 e. The van der Waals surface area contributed by atoms with Crippen molar-refractivity contribution >= 4 is 9.84 Å². The van der Waals surface area contributed by atoms with Crippen molar-refractivity contribution in [1.82, 2.24) is 10.3 Å². The molecule has 0 aliphatic heterocycles. The number of sulfone groups is 1. The van der Waals surface area contributed by atoms with Crippen LogP contribution in [0.2, 0.25) is 0 Å². The molecular formula is C11H20N2O3S. The van der Waals surface area contributed by atoms with E-state index in [1.807, 2.05) is 0 Å². The first-order valence-corrected chi connectivity index (χ1v) is 7.89. The summed E-state index contributed by atoms with van der Waals surface area (Å²) < 4.78 is 27.4. The molecule has 0 aliphatic rings. The van der Waals surface area contributed by atoms with Crippen LogP contribution in [0.15, 0.2) is 10.6 Å². The minimum Gasteiger partial charge on any atom is -0.445 e. The minimum atomic E-state index is -3.04.